The van der Waals surface area contributed by atoms with E-state index in [9.17, 15) is 0 Å². The van der Waals surface area contributed by atoms with Crippen LogP contribution in [0.3, 0.4) is 0 Å². The molecule has 0 saturated carbocycles. The molecule has 2 heteroatoms. The van der Waals surface area contributed by atoms with Gasteiger partial charge in [0.25, 0.3) is 0 Å². The molecule has 0 bridgehead atoms. The second kappa shape index (κ2) is 8.19. The van der Waals surface area contributed by atoms with E-state index in [1.54, 1.807) is 0 Å². The Hall–Kier alpha value is -1.02. The number of anilines is 1. The Morgan fingerprint density at radius 2 is 1.57 bits per heavy atom. The maximum Gasteiger partial charge on any atom is 0.0367 e. The number of benzene rings is 1. The van der Waals surface area contributed by atoms with Crippen molar-refractivity contribution in [1.82, 2.24) is 0 Å². The van der Waals surface area contributed by atoms with Crippen LogP contribution in [0, 0.1) is 11.3 Å². The first-order valence-electron chi connectivity index (χ1n) is 9.09. The van der Waals surface area contributed by atoms with Gasteiger partial charge in [0.2, 0.25) is 0 Å². The molecule has 0 radical (unpaired) electrons. The summed E-state index contributed by atoms with van der Waals surface area (Å²) in [7, 11) is 0. The lowest BCUT2D eigenvalue weighted by Crippen LogP contribution is -2.46. The predicted octanol–water partition coefficient (Wildman–Crippen LogP) is 5.26. The zero-order valence-electron chi connectivity index (χ0n) is 16.4. The molecule has 0 aliphatic rings. The molecule has 0 aromatic heterocycles. The van der Waals surface area contributed by atoms with Gasteiger partial charge in [-0.3, -0.25) is 0 Å². The molecule has 0 aliphatic carbocycles. The molecule has 1 aromatic carbocycles. The lowest BCUT2D eigenvalue weighted by Gasteiger charge is -2.32. The van der Waals surface area contributed by atoms with Gasteiger partial charge in [0, 0.05) is 24.3 Å². The van der Waals surface area contributed by atoms with Crippen LogP contribution in [0.4, 0.5) is 5.69 Å². The monoisotopic (exact) mass is 318 g/mol. The summed E-state index contributed by atoms with van der Waals surface area (Å²) in [6.45, 7) is 17.6. The zero-order valence-corrected chi connectivity index (χ0v) is 16.4. The SMILES string of the molecule is CC(C)CCN(CC(C)(C)N)c1ccc(CCC(C)(C)C)cc1. The van der Waals surface area contributed by atoms with Gasteiger partial charge >= 0.3 is 0 Å². The molecule has 23 heavy (non-hydrogen) atoms. The quantitative estimate of drug-likeness (QED) is 0.709. The molecule has 0 spiro atoms. The van der Waals surface area contributed by atoms with Crippen LogP contribution in [-0.4, -0.2) is 18.6 Å². The largest absolute Gasteiger partial charge is 0.370 e. The van der Waals surface area contributed by atoms with Crippen molar-refractivity contribution in [1.29, 1.82) is 0 Å². The molecular weight excluding hydrogens is 280 g/mol. The summed E-state index contributed by atoms with van der Waals surface area (Å²) in [5.41, 5.74) is 9.20. The van der Waals surface area contributed by atoms with Crippen molar-refractivity contribution >= 4 is 5.69 Å². The van der Waals surface area contributed by atoms with Crippen LogP contribution in [0.2, 0.25) is 0 Å². The summed E-state index contributed by atoms with van der Waals surface area (Å²) >= 11 is 0. The smallest absolute Gasteiger partial charge is 0.0367 e. The third-order valence-electron chi connectivity index (χ3n) is 4.04. The molecule has 0 aliphatic heterocycles. The van der Waals surface area contributed by atoms with Gasteiger partial charge in [-0.1, -0.05) is 46.8 Å². The minimum Gasteiger partial charge on any atom is -0.370 e. The van der Waals surface area contributed by atoms with Crippen molar-refractivity contribution in [3.05, 3.63) is 29.8 Å². The van der Waals surface area contributed by atoms with E-state index in [0.29, 0.717) is 11.3 Å². The number of nitrogens with zero attached hydrogens (tertiary/aromatic N) is 1. The highest BCUT2D eigenvalue weighted by Crippen LogP contribution is 2.23. The van der Waals surface area contributed by atoms with E-state index in [1.807, 2.05) is 0 Å². The van der Waals surface area contributed by atoms with E-state index in [2.05, 4.69) is 77.6 Å². The van der Waals surface area contributed by atoms with Gasteiger partial charge in [0.05, 0.1) is 0 Å². The molecule has 0 atom stereocenters. The molecule has 1 rings (SSSR count). The van der Waals surface area contributed by atoms with Gasteiger partial charge in [0.1, 0.15) is 0 Å². The fourth-order valence-electron chi connectivity index (χ4n) is 2.60. The first-order chi connectivity index (χ1) is 10.5. The van der Waals surface area contributed by atoms with E-state index in [0.717, 1.165) is 19.5 Å². The normalized spacial score (nSPS) is 12.7. The number of hydrogen-bond acceptors (Lipinski definition) is 2. The van der Waals surface area contributed by atoms with Crippen LogP contribution < -0.4 is 10.6 Å². The summed E-state index contributed by atoms with van der Waals surface area (Å²) in [5.74, 6) is 0.712. The fourth-order valence-corrected chi connectivity index (χ4v) is 2.60. The zero-order chi connectivity index (χ0) is 17.7. The average Bonchev–Trinajstić information content (AvgIpc) is 2.40. The average molecular weight is 319 g/mol. The van der Waals surface area contributed by atoms with E-state index < -0.39 is 0 Å². The molecular formula is C21H38N2. The molecule has 2 N–H and O–H groups in total. The summed E-state index contributed by atoms with van der Waals surface area (Å²) < 4.78 is 0. The maximum absolute atomic E-state index is 6.26. The van der Waals surface area contributed by atoms with Crippen molar-refractivity contribution in [2.24, 2.45) is 17.1 Å². The number of hydrogen-bond donors (Lipinski definition) is 1. The lowest BCUT2D eigenvalue weighted by atomic mass is 9.89. The van der Waals surface area contributed by atoms with Gasteiger partial charge in [-0.2, -0.15) is 0 Å². The summed E-state index contributed by atoms with van der Waals surface area (Å²) in [6.07, 6.45) is 3.57. The number of aryl methyl sites for hydroxylation is 1. The van der Waals surface area contributed by atoms with Crippen molar-refractivity contribution in [3.63, 3.8) is 0 Å². The van der Waals surface area contributed by atoms with Gasteiger partial charge in [-0.15, -0.1) is 0 Å². The highest BCUT2D eigenvalue weighted by molar-refractivity contribution is 5.48. The third-order valence-corrected chi connectivity index (χ3v) is 4.04. The van der Waals surface area contributed by atoms with Crippen LogP contribution >= 0.6 is 0 Å². The fraction of sp³-hybridized carbons (Fsp3) is 0.714. The standard InChI is InChI=1S/C21H38N2/c1-17(2)13-15-23(16-21(6,7)22)19-10-8-18(9-11-19)12-14-20(3,4)5/h8-11,17H,12-16,22H2,1-7H3. The summed E-state index contributed by atoms with van der Waals surface area (Å²) in [6, 6.07) is 9.11. The molecule has 0 fully saturated rings. The molecule has 2 nitrogen and oxygen atoms in total. The van der Waals surface area contributed by atoms with E-state index in [-0.39, 0.29) is 5.54 Å². The number of rotatable bonds is 8. The van der Waals surface area contributed by atoms with Gasteiger partial charge in [-0.05, 0) is 62.1 Å². The van der Waals surface area contributed by atoms with Crippen LogP contribution in [0.1, 0.15) is 66.9 Å². The van der Waals surface area contributed by atoms with Crippen molar-refractivity contribution in [3.8, 4) is 0 Å². The second-order valence-electron chi connectivity index (χ2n) is 9.32. The Labute approximate surface area is 144 Å². The van der Waals surface area contributed by atoms with Crippen molar-refractivity contribution < 1.29 is 0 Å². The minimum absolute atomic E-state index is 0.179. The summed E-state index contributed by atoms with van der Waals surface area (Å²) in [4.78, 5) is 2.44. The predicted molar refractivity (Wildman–Crippen MR) is 104 cm³/mol. The van der Waals surface area contributed by atoms with Gasteiger partial charge in [-0.25, -0.2) is 0 Å². The van der Waals surface area contributed by atoms with Crippen molar-refractivity contribution in [2.75, 3.05) is 18.0 Å². The van der Waals surface area contributed by atoms with Crippen LogP contribution in [0.15, 0.2) is 24.3 Å². The van der Waals surface area contributed by atoms with E-state index in [4.69, 9.17) is 5.73 Å². The molecule has 0 unspecified atom stereocenters. The Morgan fingerprint density at radius 1 is 1.00 bits per heavy atom. The first kappa shape index (κ1) is 20.0. The topological polar surface area (TPSA) is 29.3 Å². The Kier molecular flexibility index (Phi) is 7.13. The minimum atomic E-state index is -0.179. The summed E-state index contributed by atoms with van der Waals surface area (Å²) in [5, 5.41) is 0. The Bertz CT molecular complexity index is 446. The molecule has 0 amide bonds. The first-order valence-corrected chi connectivity index (χ1v) is 9.09. The van der Waals surface area contributed by atoms with Gasteiger partial charge < -0.3 is 10.6 Å². The molecule has 1 aromatic rings. The highest BCUT2D eigenvalue weighted by atomic mass is 15.1. The Balaban J connectivity index is 2.77. The van der Waals surface area contributed by atoms with E-state index in [1.165, 1.54) is 24.1 Å². The molecule has 0 saturated heterocycles. The van der Waals surface area contributed by atoms with Gasteiger partial charge in [0.15, 0.2) is 0 Å². The second-order valence-corrected chi connectivity index (χ2v) is 9.32. The lowest BCUT2D eigenvalue weighted by molar-refractivity contribution is 0.378. The highest BCUT2D eigenvalue weighted by Gasteiger charge is 2.18. The molecule has 0 heterocycles. The number of nitrogens with two attached hydrogens (primary N) is 1. The molecule has 132 valence electrons. The van der Waals surface area contributed by atoms with Crippen LogP contribution in [0.5, 0.6) is 0 Å². The third kappa shape index (κ3) is 9.00. The van der Waals surface area contributed by atoms with Crippen molar-refractivity contribution in [2.45, 2.75) is 73.3 Å². The van der Waals surface area contributed by atoms with Crippen LogP contribution in [0.25, 0.3) is 0 Å². The van der Waals surface area contributed by atoms with E-state index >= 15 is 0 Å². The maximum atomic E-state index is 6.26. The Morgan fingerprint density at radius 3 is 2.00 bits per heavy atom. The van der Waals surface area contributed by atoms with Crippen LogP contribution in [-0.2, 0) is 6.42 Å².